The van der Waals surface area contributed by atoms with Crippen LogP contribution in [0.1, 0.15) is 31.4 Å². The predicted molar refractivity (Wildman–Crippen MR) is 120 cm³/mol. The van der Waals surface area contributed by atoms with Gasteiger partial charge in [0.25, 0.3) is 0 Å². The number of aromatic nitrogens is 2. The fourth-order valence-corrected chi connectivity index (χ4v) is 4.22. The third kappa shape index (κ3) is 4.78. The highest BCUT2D eigenvalue weighted by molar-refractivity contribution is 5.78. The molecule has 162 valence electrons. The number of rotatable bonds is 8. The lowest BCUT2D eigenvalue weighted by Crippen LogP contribution is -2.36. The van der Waals surface area contributed by atoms with Crippen LogP contribution in [0.25, 0.3) is 11.1 Å². The van der Waals surface area contributed by atoms with E-state index in [9.17, 15) is 0 Å². The molecule has 7 heteroatoms. The molecule has 2 aliphatic rings. The van der Waals surface area contributed by atoms with E-state index >= 15 is 0 Å². The summed E-state index contributed by atoms with van der Waals surface area (Å²) in [7, 11) is 3.45. The SMILES string of the molecule is CNc1nc(C)c(-c2ccc(OC)c(OCC3CCN(CC4CC4)CC3)c2)c(N)n1. The van der Waals surface area contributed by atoms with Gasteiger partial charge in [-0.1, -0.05) is 6.07 Å². The normalized spacial score (nSPS) is 17.7. The molecular formula is C23H33N5O2. The lowest BCUT2D eigenvalue weighted by atomic mass is 9.97. The van der Waals surface area contributed by atoms with Crippen molar-refractivity contribution in [2.75, 3.05) is 51.4 Å². The lowest BCUT2D eigenvalue weighted by Gasteiger charge is -2.32. The molecule has 0 radical (unpaired) electrons. The van der Waals surface area contributed by atoms with Gasteiger partial charge < -0.3 is 25.4 Å². The Labute approximate surface area is 179 Å². The van der Waals surface area contributed by atoms with Crippen LogP contribution in [0.5, 0.6) is 11.5 Å². The minimum atomic E-state index is 0.450. The summed E-state index contributed by atoms with van der Waals surface area (Å²) in [6.45, 7) is 6.31. The monoisotopic (exact) mass is 411 g/mol. The van der Waals surface area contributed by atoms with Crippen LogP contribution in [0.3, 0.4) is 0 Å². The van der Waals surface area contributed by atoms with Crippen molar-refractivity contribution >= 4 is 11.8 Å². The van der Waals surface area contributed by atoms with E-state index in [2.05, 4.69) is 20.2 Å². The zero-order chi connectivity index (χ0) is 21.1. The number of hydrogen-bond acceptors (Lipinski definition) is 7. The van der Waals surface area contributed by atoms with Gasteiger partial charge in [-0.2, -0.15) is 4.98 Å². The van der Waals surface area contributed by atoms with E-state index in [1.165, 1.54) is 45.3 Å². The average molecular weight is 412 g/mol. The molecule has 2 fully saturated rings. The first-order valence-corrected chi connectivity index (χ1v) is 10.9. The molecule has 30 heavy (non-hydrogen) atoms. The minimum Gasteiger partial charge on any atom is -0.493 e. The van der Waals surface area contributed by atoms with Crippen molar-refractivity contribution in [1.29, 1.82) is 0 Å². The van der Waals surface area contributed by atoms with Gasteiger partial charge in [-0.25, -0.2) is 4.98 Å². The molecule has 7 nitrogen and oxygen atoms in total. The molecule has 0 atom stereocenters. The summed E-state index contributed by atoms with van der Waals surface area (Å²) in [6.07, 6.45) is 5.23. The number of aryl methyl sites for hydroxylation is 1. The van der Waals surface area contributed by atoms with Gasteiger partial charge >= 0.3 is 0 Å². The number of piperidine rings is 1. The largest absolute Gasteiger partial charge is 0.493 e. The second kappa shape index (κ2) is 9.08. The molecule has 3 N–H and O–H groups in total. The molecule has 2 aromatic rings. The zero-order valence-electron chi connectivity index (χ0n) is 18.3. The van der Waals surface area contributed by atoms with Crippen molar-refractivity contribution in [2.45, 2.75) is 32.6 Å². The van der Waals surface area contributed by atoms with Gasteiger partial charge in [0.1, 0.15) is 5.82 Å². The number of likely N-dealkylation sites (tertiary alicyclic amines) is 1. The van der Waals surface area contributed by atoms with Gasteiger partial charge in [0, 0.05) is 19.2 Å². The molecular weight excluding hydrogens is 378 g/mol. The van der Waals surface area contributed by atoms with E-state index in [1.807, 2.05) is 25.1 Å². The molecule has 1 aliphatic carbocycles. The van der Waals surface area contributed by atoms with Crippen molar-refractivity contribution in [3.63, 3.8) is 0 Å². The molecule has 1 aromatic carbocycles. The number of nitrogens with two attached hydrogens (primary N) is 1. The Morgan fingerprint density at radius 2 is 1.87 bits per heavy atom. The lowest BCUT2D eigenvalue weighted by molar-refractivity contribution is 0.136. The Kier molecular flexibility index (Phi) is 6.27. The van der Waals surface area contributed by atoms with Crippen molar-refractivity contribution in [3.8, 4) is 22.6 Å². The molecule has 0 unspecified atom stereocenters. The number of anilines is 2. The van der Waals surface area contributed by atoms with E-state index in [0.717, 1.165) is 34.2 Å². The zero-order valence-corrected chi connectivity index (χ0v) is 18.3. The molecule has 2 heterocycles. The number of hydrogen-bond donors (Lipinski definition) is 2. The molecule has 0 spiro atoms. The Morgan fingerprint density at radius 1 is 1.10 bits per heavy atom. The third-order valence-electron chi connectivity index (χ3n) is 6.19. The smallest absolute Gasteiger partial charge is 0.224 e. The van der Waals surface area contributed by atoms with Crippen LogP contribution in [0, 0.1) is 18.8 Å². The number of benzene rings is 1. The predicted octanol–water partition coefficient (Wildman–Crippen LogP) is 3.59. The van der Waals surface area contributed by atoms with E-state index < -0.39 is 0 Å². The van der Waals surface area contributed by atoms with E-state index in [1.54, 1.807) is 14.2 Å². The topological polar surface area (TPSA) is 85.5 Å². The number of nitrogens with zero attached hydrogens (tertiary/aromatic N) is 3. The van der Waals surface area contributed by atoms with Crippen LogP contribution >= 0.6 is 0 Å². The molecule has 1 aliphatic heterocycles. The highest BCUT2D eigenvalue weighted by Gasteiger charge is 2.27. The fourth-order valence-electron chi connectivity index (χ4n) is 4.22. The summed E-state index contributed by atoms with van der Waals surface area (Å²) in [5.74, 6) is 3.99. The van der Waals surface area contributed by atoms with Gasteiger partial charge in [-0.15, -0.1) is 0 Å². The number of nitrogen functional groups attached to an aromatic ring is 1. The molecule has 1 saturated carbocycles. The number of methoxy groups -OCH3 is 1. The van der Waals surface area contributed by atoms with Crippen molar-refractivity contribution in [1.82, 2.24) is 14.9 Å². The molecule has 1 saturated heterocycles. The van der Waals surface area contributed by atoms with Gasteiger partial charge in [-0.3, -0.25) is 0 Å². The summed E-state index contributed by atoms with van der Waals surface area (Å²) in [6, 6.07) is 5.89. The third-order valence-corrected chi connectivity index (χ3v) is 6.19. The van der Waals surface area contributed by atoms with Crippen molar-refractivity contribution in [3.05, 3.63) is 23.9 Å². The first-order chi connectivity index (χ1) is 14.6. The maximum Gasteiger partial charge on any atom is 0.224 e. The summed E-state index contributed by atoms with van der Waals surface area (Å²) >= 11 is 0. The van der Waals surface area contributed by atoms with Crippen LogP contribution in [0.2, 0.25) is 0 Å². The summed E-state index contributed by atoms with van der Waals surface area (Å²) in [4.78, 5) is 11.4. The van der Waals surface area contributed by atoms with Gasteiger partial charge in [0.2, 0.25) is 5.95 Å². The molecule has 0 amide bonds. The number of ether oxygens (including phenoxy) is 2. The Bertz CT molecular complexity index is 853. The van der Waals surface area contributed by atoms with Crippen LogP contribution in [0.4, 0.5) is 11.8 Å². The highest BCUT2D eigenvalue weighted by atomic mass is 16.5. The molecule has 4 rings (SSSR count). The number of nitrogens with one attached hydrogen (secondary N) is 1. The van der Waals surface area contributed by atoms with Gasteiger partial charge in [0.05, 0.1) is 19.4 Å². The Hall–Kier alpha value is -2.54. The van der Waals surface area contributed by atoms with Gasteiger partial charge in [-0.05, 0) is 75.2 Å². The summed E-state index contributed by atoms with van der Waals surface area (Å²) < 4.78 is 11.8. The van der Waals surface area contributed by atoms with Crippen LogP contribution in [-0.4, -0.2) is 55.3 Å². The van der Waals surface area contributed by atoms with Crippen LogP contribution < -0.4 is 20.5 Å². The Balaban J connectivity index is 1.44. The summed E-state index contributed by atoms with van der Waals surface area (Å²) in [5, 5.41) is 2.94. The van der Waals surface area contributed by atoms with Crippen molar-refractivity contribution < 1.29 is 9.47 Å². The quantitative estimate of drug-likeness (QED) is 0.686. The fraction of sp³-hybridized carbons (Fsp3) is 0.565. The first-order valence-electron chi connectivity index (χ1n) is 10.9. The van der Waals surface area contributed by atoms with Crippen LogP contribution in [-0.2, 0) is 0 Å². The standard InChI is InChI=1S/C23H33N5O2/c1-15-21(22(24)27-23(25-2)26-15)18-6-7-19(29-3)20(12-18)30-14-17-8-10-28(11-9-17)13-16-4-5-16/h6-7,12,16-17H,4-5,8-11,13-14H2,1-3H3,(H3,24,25,26,27). The first kappa shape index (κ1) is 20.7. The second-order valence-electron chi connectivity index (χ2n) is 8.51. The molecule has 0 bridgehead atoms. The highest BCUT2D eigenvalue weighted by Crippen LogP contribution is 2.36. The van der Waals surface area contributed by atoms with E-state index in [4.69, 9.17) is 15.2 Å². The van der Waals surface area contributed by atoms with E-state index in [0.29, 0.717) is 24.3 Å². The van der Waals surface area contributed by atoms with Crippen LogP contribution in [0.15, 0.2) is 18.2 Å². The maximum absolute atomic E-state index is 6.25. The Morgan fingerprint density at radius 3 is 2.50 bits per heavy atom. The second-order valence-corrected chi connectivity index (χ2v) is 8.51. The molecule has 1 aromatic heterocycles. The summed E-state index contributed by atoms with van der Waals surface area (Å²) in [5.41, 5.74) is 8.81. The van der Waals surface area contributed by atoms with Crippen molar-refractivity contribution in [2.24, 2.45) is 11.8 Å². The van der Waals surface area contributed by atoms with Gasteiger partial charge in [0.15, 0.2) is 11.5 Å². The minimum absolute atomic E-state index is 0.450. The maximum atomic E-state index is 6.25. The van der Waals surface area contributed by atoms with E-state index in [-0.39, 0.29) is 0 Å². The average Bonchev–Trinajstić information content (AvgIpc) is 3.57.